The van der Waals surface area contributed by atoms with E-state index in [0.717, 1.165) is 27.4 Å². The zero-order valence-electron chi connectivity index (χ0n) is 25.5. The molecule has 0 fully saturated rings. The first-order valence-electron chi connectivity index (χ1n) is 14.1. The Balaban J connectivity index is 2.12. The van der Waals surface area contributed by atoms with Gasteiger partial charge in [0.1, 0.15) is 12.6 Å². The Kier molecular flexibility index (Phi) is 11.9. The second-order valence-corrected chi connectivity index (χ2v) is 12.5. The Morgan fingerprint density at radius 3 is 2.09 bits per heavy atom. The van der Waals surface area contributed by atoms with Gasteiger partial charge in [0.15, 0.2) is 11.5 Å². The quantitative estimate of drug-likeness (QED) is 0.252. The van der Waals surface area contributed by atoms with Gasteiger partial charge in [0.25, 0.3) is 10.0 Å². The number of aryl methyl sites for hydroxylation is 2. The highest BCUT2D eigenvalue weighted by atomic mass is 35.5. The lowest BCUT2D eigenvalue weighted by atomic mass is 10.1. The van der Waals surface area contributed by atoms with E-state index in [2.05, 4.69) is 5.32 Å². The number of hydrogen-bond acceptors (Lipinski definition) is 6. The first kappa shape index (κ1) is 33.7. The predicted molar refractivity (Wildman–Crippen MR) is 169 cm³/mol. The third-order valence-corrected chi connectivity index (χ3v) is 8.94. The molecule has 43 heavy (non-hydrogen) atoms. The molecular weight excluding hydrogens is 590 g/mol. The third-order valence-electron chi connectivity index (χ3n) is 6.92. The highest BCUT2D eigenvalue weighted by Crippen LogP contribution is 2.33. The van der Waals surface area contributed by atoms with Gasteiger partial charge in [-0.15, -0.1) is 0 Å². The summed E-state index contributed by atoms with van der Waals surface area (Å²) in [6, 6.07) is 15.8. The number of hydrogen-bond donors (Lipinski definition) is 1. The number of carbonyl (C=O) groups excluding carboxylic acids is 2. The van der Waals surface area contributed by atoms with Gasteiger partial charge >= 0.3 is 0 Å². The minimum absolute atomic E-state index is 0.0749. The van der Waals surface area contributed by atoms with Crippen molar-refractivity contribution >= 4 is 39.1 Å². The molecule has 0 aliphatic rings. The second-order valence-electron chi connectivity index (χ2n) is 10.2. The first-order valence-corrected chi connectivity index (χ1v) is 15.9. The van der Waals surface area contributed by atoms with E-state index < -0.39 is 28.5 Å². The second kappa shape index (κ2) is 15.1. The molecule has 9 nitrogen and oxygen atoms in total. The molecule has 0 aliphatic carbocycles. The molecule has 0 radical (unpaired) electrons. The lowest BCUT2D eigenvalue weighted by Gasteiger charge is -2.33. The first-order chi connectivity index (χ1) is 20.4. The van der Waals surface area contributed by atoms with Gasteiger partial charge in [-0.3, -0.25) is 13.9 Å². The average Bonchev–Trinajstić information content (AvgIpc) is 2.98. The lowest BCUT2D eigenvalue weighted by Crippen LogP contribution is -2.52. The van der Waals surface area contributed by atoms with Gasteiger partial charge in [0.05, 0.1) is 24.8 Å². The maximum atomic E-state index is 14.3. The molecule has 3 aromatic carbocycles. The van der Waals surface area contributed by atoms with Gasteiger partial charge < -0.3 is 19.7 Å². The maximum absolute atomic E-state index is 14.3. The van der Waals surface area contributed by atoms with Crippen LogP contribution >= 0.6 is 11.6 Å². The molecule has 3 rings (SSSR count). The minimum Gasteiger partial charge on any atom is -0.493 e. The van der Waals surface area contributed by atoms with Gasteiger partial charge in [-0.05, 0) is 79.8 Å². The summed E-state index contributed by atoms with van der Waals surface area (Å²) in [5.74, 6) is -0.226. The largest absolute Gasteiger partial charge is 0.493 e. The van der Waals surface area contributed by atoms with Crippen LogP contribution in [0.25, 0.3) is 0 Å². The maximum Gasteiger partial charge on any atom is 0.264 e. The molecule has 0 heterocycles. The van der Waals surface area contributed by atoms with Crippen molar-refractivity contribution in [2.45, 2.75) is 58.0 Å². The van der Waals surface area contributed by atoms with Crippen LogP contribution in [0.4, 0.5) is 5.69 Å². The smallest absolute Gasteiger partial charge is 0.264 e. The van der Waals surface area contributed by atoms with Crippen molar-refractivity contribution in [3.8, 4) is 11.5 Å². The van der Waals surface area contributed by atoms with Gasteiger partial charge in [-0.1, -0.05) is 43.6 Å². The number of nitrogens with zero attached hydrogens (tertiary/aromatic N) is 2. The van der Waals surface area contributed by atoms with Gasteiger partial charge in [0, 0.05) is 24.2 Å². The average molecular weight is 630 g/mol. The number of amides is 2. The van der Waals surface area contributed by atoms with Crippen molar-refractivity contribution < 1.29 is 27.5 Å². The van der Waals surface area contributed by atoms with Crippen LogP contribution in [0.1, 0.15) is 43.4 Å². The topological polar surface area (TPSA) is 105 Å². The molecule has 2 amide bonds. The summed E-state index contributed by atoms with van der Waals surface area (Å²) in [5, 5.41) is 3.42. The van der Waals surface area contributed by atoms with E-state index in [1.807, 2.05) is 33.8 Å². The summed E-state index contributed by atoms with van der Waals surface area (Å²) < 4.78 is 40.2. The standard InChI is InChI=1S/C32H40ClN3O6S/c1-7-15-34-32(38)28(8-2)35(20-24-9-11-25(33)12-10-24)31(37)21-36(26-17-22(3)16-23(4)18-26)43(39,40)27-13-14-29(41-5)30(19-27)42-6/h9-14,16-19,28H,7-8,15,20-21H2,1-6H3,(H,34,38)/t28-/m1/s1. The third kappa shape index (κ3) is 8.42. The number of anilines is 1. The molecular formula is C32H40ClN3O6S. The molecule has 1 atom stereocenters. The molecule has 0 aliphatic heterocycles. The van der Waals surface area contributed by atoms with E-state index in [1.165, 1.54) is 37.3 Å². The molecule has 0 unspecified atom stereocenters. The number of ether oxygens (including phenoxy) is 2. The fourth-order valence-corrected chi connectivity index (χ4v) is 6.34. The number of halogens is 1. The summed E-state index contributed by atoms with van der Waals surface area (Å²) in [6.45, 7) is 7.49. The SMILES string of the molecule is CCCNC(=O)[C@@H](CC)N(Cc1ccc(Cl)cc1)C(=O)CN(c1cc(C)cc(C)c1)S(=O)(=O)c1ccc(OC)c(OC)c1. The fraction of sp³-hybridized carbons (Fsp3) is 0.375. The normalized spacial score (nSPS) is 11.9. The van der Waals surface area contributed by atoms with E-state index in [1.54, 1.807) is 36.4 Å². The summed E-state index contributed by atoms with van der Waals surface area (Å²) >= 11 is 6.08. The summed E-state index contributed by atoms with van der Waals surface area (Å²) in [6.07, 6.45) is 1.07. The molecule has 0 saturated heterocycles. The van der Waals surface area contributed by atoms with Crippen molar-refractivity contribution in [2.75, 3.05) is 31.6 Å². The van der Waals surface area contributed by atoms with Crippen LogP contribution in [-0.4, -0.2) is 58.5 Å². The summed E-state index contributed by atoms with van der Waals surface area (Å²) in [7, 11) is -1.41. The minimum atomic E-state index is -4.29. The molecule has 1 N–H and O–H groups in total. The predicted octanol–water partition coefficient (Wildman–Crippen LogP) is 5.50. The van der Waals surface area contributed by atoms with Crippen molar-refractivity contribution in [3.63, 3.8) is 0 Å². The Hall–Kier alpha value is -3.76. The molecule has 11 heteroatoms. The van der Waals surface area contributed by atoms with Crippen molar-refractivity contribution in [2.24, 2.45) is 0 Å². The van der Waals surface area contributed by atoms with E-state index in [9.17, 15) is 18.0 Å². The van der Waals surface area contributed by atoms with Crippen LogP contribution in [0.15, 0.2) is 65.6 Å². The summed E-state index contributed by atoms with van der Waals surface area (Å²) in [5.41, 5.74) is 2.74. The zero-order valence-corrected chi connectivity index (χ0v) is 27.1. The van der Waals surface area contributed by atoms with E-state index in [4.69, 9.17) is 21.1 Å². The van der Waals surface area contributed by atoms with Crippen LogP contribution in [0.5, 0.6) is 11.5 Å². The van der Waals surface area contributed by atoms with Crippen LogP contribution in [0.3, 0.4) is 0 Å². The fourth-order valence-electron chi connectivity index (χ4n) is 4.80. The number of methoxy groups -OCH3 is 2. The number of nitrogens with one attached hydrogen (secondary N) is 1. The van der Waals surface area contributed by atoms with Crippen LogP contribution in [0, 0.1) is 13.8 Å². The van der Waals surface area contributed by atoms with Gasteiger partial charge in [-0.25, -0.2) is 8.42 Å². The van der Waals surface area contributed by atoms with Crippen molar-refractivity contribution in [3.05, 3.63) is 82.4 Å². The Labute approximate surface area is 259 Å². The molecule has 3 aromatic rings. The van der Waals surface area contributed by atoms with E-state index in [-0.39, 0.29) is 23.1 Å². The summed E-state index contributed by atoms with van der Waals surface area (Å²) in [4.78, 5) is 28.8. The van der Waals surface area contributed by atoms with Crippen LogP contribution in [-0.2, 0) is 26.2 Å². The lowest BCUT2D eigenvalue weighted by molar-refractivity contribution is -0.140. The van der Waals surface area contributed by atoms with Crippen molar-refractivity contribution in [1.82, 2.24) is 10.2 Å². The van der Waals surface area contributed by atoms with E-state index >= 15 is 0 Å². The molecule has 0 saturated carbocycles. The molecule has 0 bridgehead atoms. The highest BCUT2D eigenvalue weighted by Gasteiger charge is 2.34. The van der Waals surface area contributed by atoms with Crippen LogP contribution in [0.2, 0.25) is 5.02 Å². The monoisotopic (exact) mass is 629 g/mol. The Morgan fingerprint density at radius 1 is 0.907 bits per heavy atom. The number of sulfonamides is 1. The molecule has 0 spiro atoms. The van der Waals surface area contributed by atoms with E-state index in [0.29, 0.717) is 29.4 Å². The van der Waals surface area contributed by atoms with Crippen molar-refractivity contribution in [1.29, 1.82) is 0 Å². The zero-order chi connectivity index (χ0) is 31.7. The van der Waals surface area contributed by atoms with Gasteiger partial charge in [-0.2, -0.15) is 0 Å². The van der Waals surface area contributed by atoms with Gasteiger partial charge in [0.2, 0.25) is 11.8 Å². The van der Waals surface area contributed by atoms with Crippen LogP contribution < -0.4 is 19.1 Å². The highest BCUT2D eigenvalue weighted by molar-refractivity contribution is 7.92. The Bertz CT molecular complexity index is 1510. The Morgan fingerprint density at radius 2 is 1.53 bits per heavy atom. The number of carbonyl (C=O) groups is 2. The molecule has 0 aromatic heterocycles. The number of benzene rings is 3. The molecule has 232 valence electrons. The number of rotatable bonds is 14.